The number of benzene rings is 2. The molecule has 8 heteroatoms. The summed E-state index contributed by atoms with van der Waals surface area (Å²) in [6.07, 6.45) is 1.69. The van der Waals surface area contributed by atoms with Crippen molar-refractivity contribution in [2.45, 2.75) is 13.8 Å². The highest BCUT2D eigenvalue weighted by atomic mass is 32.2. The first-order valence-corrected chi connectivity index (χ1v) is 10.3. The van der Waals surface area contributed by atoms with Crippen LogP contribution in [0.1, 0.15) is 18.1 Å². The molecule has 1 heterocycles. The smallest absolute Gasteiger partial charge is 0.344 e. The minimum absolute atomic E-state index is 0.0209. The molecule has 0 fully saturated rings. The fourth-order valence-corrected chi connectivity index (χ4v) is 3.72. The molecule has 2 aromatic rings. The minimum Gasteiger partial charge on any atom is -0.546 e. The van der Waals surface area contributed by atoms with E-state index in [0.717, 1.165) is 22.9 Å². The first kappa shape index (κ1) is 22.2. The van der Waals surface area contributed by atoms with Gasteiger partial charge in [0.25, 0.3) is 0 Å². The lowest BCUT2D eigenvalue weighted by molar-refractivity contribution is -0.307. The summed E-state index contributed by atoms with van der Waals surface area (Å²) in [5.41, 5.74) is 2.47. The molecule has 3 rings (SSSR count). The van der Waals surface area contributed by atoms with Gasteiger partial charge >= 0.3 is 5.97 Å². The number of nitrogens with zero attached hydrogens (tertiary/aromatic N) is 1. The Bertz CT molecular complexity index is 1070. The van der Waals surface area contributed by atoms with Gasteiger partial charge in [-0.1, -0.05) is 41.6 Å². The number of rotatable bonds is 7. The molecular weight excluding hydrogens is 418 g/mol. The second-order valence-electron chi connectivity index (χ2n) is 6.54. The number of carbonyl (C=O) groups is 2. The Kier molecular flexibility index (Phi) is 7.15. The number of aliphatic hydroxyl groups excluding tert-OH is 1. The largest absolute Gasteiger partial charge is 0.546 e. The molecule has 0 aliphatic carbocycles. The summed E-state index contributed by atoms with van der Waals surface area (Å²) in [7, 11) is 0. The second-order valence-corrected chi connectivity index (χ2v) is 7.57. The van der Waals surface area contributed by atoms with Gasteiger partial charge in [0.1, 0.15) is 28.7 Å². The molecule has 2 aromatic carbocycles. The summed E-state index contributed by atoms with van der Waals surface area (Å²) < 4.78 is 10.1. The van der Waals surface area contributed by atoms with Gasteiger partial charge in [0, 0.05) is 0 Å². The standard InChI is InChI=1S/C23H21NO6S/c1-3-29-23(28)20-21(27)18(31-22(20)24-16-8-4-14(2)5-9-16)12-15-6-10-17(11-7-15)30-13-19(25)26/h4-12,27H,3,13H2,1-2H3,(H,25,26)/p-1/b18-12-,24-22?. The molecule has 0 unspecified atom stereocenters. The van der Waals surface area contributed by atoms with E-state index in [1.165, 1.54) is 0 Å². The van der Waals surface area contributed by atoms with Crippen LogP contribution in [0.4, 0.5) is 5.69 Å². The van der Waals surface area contributed by atoms with Gasteiger partial charge in [-0.25, -0.2) is 9.79 Å². The van der Waals surface area contributed by atoms with Crippen LogP contribution < -0.4 is 9.84 Å². The fourth-order valence-electron chi connectivity index (χ4n) is 2.68. The minimum atomic E-state index is -1.31. The molecule has 0 saturated carbocycles. The lowest BCUT2D eigenvalue weighted by Crippen LogP contribution is -2.28. The maximum Gasteiger partial charge on any atom is 0.344 e. The molecule has 31 heavy (non-hydrogen) atoms. The van der Waals surface area contributed by atoms with Crippen LogP contribution in [0.5, 0.6) is 5.75 Å². The number of aliphatic hydroxyl groups is 1. The summed E-state index contributed by atoms with van der Waals surface area (Å²) in [4.78, 5) is 27.9. The molecule has 0 amide bonds. The third kappa shape index (κ3) is 5.76. The van der Waals surface area contributed by atoms with Gasteiger partial charge in [0.05, 0.1) is 23.2 Å². The van der Waals surface area contributed by atoms with E-state index in [0.29, 0.717) is 21.4 Å². The van der Waals surface area contributed by atoms with Crippen molar-refractivity contribution in [3.63, 3.8) is 0 Å². The van der Waals surface area contributed by atoms with Gasteiger partial charge in [-0.05, 0) is 49.8 Å². The average molecular weight is 438 g/mol. The van der Waals surface area contributed by atoms with Crippen LogP contribution in [0.25, 0.3) is 6.08 Å². The number of hydrogen-bond acceptors (Lipinski definition) is 8. The Morgan fingerprint density at radius 1 is 1.13 bits per heavy atom. The van der Waals surface area contributed by atoms with E-state index in [1.54, 1.807) is 37.3 Å². The van der Waals surface area contributed by atoms with Crippen molar-refractivity contribution in [1.82, 2.24) is 0 Å². The van der Waals surface area contributed by atoms with Gasteiger partial charge in [-0.3, -0.25) is 0 Å². The molecule has 1 N–H and O–H groups in total. The second kappa shape index (κ2) is 9.99. The summed E-state index contributed by atoms with van der Waals surface area (Å²) >= 11 is 1.16. The summed E-state index contributed by atoms with van der Waals surface area (Å²) in [5, 5.41) is 21.5. The van der Waals surface area contributed by atoms with Crippen LogP contribution in [0.15, 0.2) is 69.8 Å². The van der Waals surface area contributed by atoms with Crippen LogP contribution in [0.2, 0.25) is 0 Å². The zero-order valence-electron chi connectivity index (χ0n) is 17.0. The zero-order valence-corrected chi connectivity index (χ0v) is 17.8. The molecule has 0 atom stereocenters. The first-order chi connectivity index (χ1) is 14.9. The number of aryl methyl sites for hydroxylation is 1. The molecule has 7 nitrogen and oxygen atoms in total. The monoisotopic (exact) mass is 438 g/mol. The number of aliphatic carboxylic acids is 1. The van der Waals surface area contributed by atoms with E-state index >= 15 is 0 Å². The SMILES string of the molecule is CCOC(=O)C1=C(O)/C(=C/c2ccc(OCC(=O)[O-])cc2)SC1=Nc1ccc(C)cc1. The van der Waals surface area contributed by atoms with Crippen molar-refractivity contribution >= 4 is 40.5 Å². The number of hydrogen-bond donors (Lipinski definition) is 1. The predicted molar refractivity (Wildman–Crippen MR) is 117 cm³/mol. The summed E-state index contributed by atoms with van der Waals surface area (Å²) in [6.45, 7) is 3.29. The van der Waals surface area contributed by atoms with E-state index in [2.05, 4.69) is 4.99 Å². The van der Waals surface area contributed by atoms with Crippen LogP contribution >= 0.6 is 11.8 Å². The van der Waals surface area contributed by atoms with Crippen molar-refractivity contribution in [3.05, 3.63) is 75.9 Å². The Morgan fingerprint density at radius 2 is 1.81 bits per heavy atom. The molecule has 0 radical (unpaired) electrons. The highest BCUT2D eigenvalue weighted by molar-refractivity contribution is 8.18. The molecule has 0 bridgehead atoms. The number of ether oxygens (including phenoxy) is 2. The topological polar surface area (TPSA) is 108 Å². The molecule has 0 aromatic heterocycles. The Labute approximate surface area is 183 Å². The van der Waals surface area contributed by atoms with Gasteiger partial charge < -0.3 is 24.5 Å². The Hall–Kier alpha value is -3.52. The average Bonchev–Trinajstić information content (AvgIpc) is 3.04. The number of carboxylic acid groups (broad SMARTS) is 1. The highest BCUT2D eigenvalue weighted by Gasteiger charge is 2.33. The van der Waals surface area contributed by atoms with E-state index < -0.39 is 18.5 Å². The van der Waals surface area contributed by atoms with Gasteiger partial charge in [0.15, 0.2) is 0 Å². The molecular formula is C23H20NO6S-. The van der Waals surface area contributed by atoms with E-state index in [-0.39, 0.29) is 17.9 Å². The van der Waals surface area contributed by atoms with Gasteiger partial charge in [0.2, 0.25) is 0 Å². The van der Waals surface area contributed by atoms with Crippen molar-refractivity contribution < 1.29 is 29.3 Å². The number of esters is 1. The van der Waals surface area contributed by atoms with Crippen LogP contribution in [-0.4, -0.2) is 35.3 Å². The van der Waals surface area contributed by atoms with Crippen LogP contribution in [-0.2, 0) is 14.3 Å². The van der Waals surface area contributed by atoms with Crippen molar-refractivity contribution in [1.29, 1.82) is 0 Å². The summed E-state index contributed by atoms with van der Waals surface area (Å²) in [5.74, 6) is -1.78. The molecule has 0 spiro atoms. The molecule has 1 aliphatic heterocycles. The first-order valence-electron chi connectivity index (χ1n) is 9.46. The maximum atomic E-state index is 12.4. The number of aliphatic imine (C=N–C) groups is 1. The van der Waals surface area contributed by atoms with Gasteiger partial charge in [-0.15, -0.1) is 0 Å². The predicted octanol–water partition coefficient (Wildman–Crippen LogP) is 3.32. The normalized spacial score (nSPS) is 16.1. The third-order valence-corrected chi connectivity index (χ3v) is 5.19. The maximum absolute atomic E-state index is 12.4. The summed E-state index contributed by atoms with van der Waals surface area (Å²) in [6, 6.07) is 14.1. The lowest BCUT2D eigenvalue weighted by atomic mass is 10.1. The molecule has 160 valence electrons. The van der Waals surface area contributed by atoms with E-state index in [9.17, 15) is 19.8 Å². The molecule has 0 saturated heterocycles. The lowest BCUT2D eigenvalue weighted by Gasteiger charge is -2.06. The van der Waals surface area contributed by atoms with E-state index in [4.69, 9.17) is 9.47 Å². The molecule has 1 aliphatic rings. The van der Waals surface area contributed by atoms with Crippen LogP contribution in [0, 0.1) is 6.92 Å². The van der Waals surface area contributed by atoms with Crippen molar-refractivity contribution in [2.75, 3.05) is 13.2 Å². The van der Waals surface area contributed by atoms with Crippen molar-refractivity contribution in [3.8, 4) is 5.75 Å². The third-order valence-electron chi connectivity index (χ3n) is 4.17. The van der Waals surface area contributed by atoms with E-state index in [1.807, 2.05) is 31.2 Å². The van der Waals surface area contributed by atoms with Crippen LogP contribution in [0.3, 0.4) is 0 Å². The number of thioether (sulfide) groups is 1. The number of carbonyl (C=O) groups excluding carboxylic acids is 2. The Balaban J connectivity index is 1.91. The quantitative estimate of drug-likeness (QED) is 0.661. The fraction of sp³-hybridized carbons (Fsp3) is 0.174. The number of carboxylic acids is 1. The van der Waals surface area contributed by atoms with Crippen molar-refractivity contribution in [2.24, 2.45) is 4.99 Å². The highest BCUT2D eigenvalue weighted by Crippen LogP contribution is 2.40. The zero-order chi connectivity index (χ0) is 22.4. The van der Waals surface area contributed by atoms with Gasteiger partial charge in [-0.2, -0.15) is 0 Å². The Morgan fingerprint density at radius 3 is 2.42 bits per heavy atom.